The van der Waals surface area contributed by atoms with Gasteiger partial charge in [-0.3, -0.25) is 14.9 Å². The lowest BCUT2D eigenvalue weighted by Gasteiger charge is -2.10. The van der Waals surface area contributed by atoms with Crippen LogP contribution < -0.4 is 22.3 Å². The molecule has 0 spiro atoms. The number of benzene rings is 2. The standard InChI is InChI=1S/C18H18N4O4.BrH/c23-11-3-10-19-18-20-15-4-1-2-5-16(15)21(18)12-17(24)13-6-8-14(9-7-13)22(25)26;/h1-2,4-9,23H,3,10-12H2,(H,19,20);1H/p-1. The molecule has 0 radical (unpaired) electrons. The average molecular weight is 434 g/mol. The second-order valence-electron chi connectivity index (χ2n) is 5.74. The zero-order valence-electron chi connectivity index (χ0n) is 14.3. The second kappa shape index (κ2) is 9.24. The summed E-state index contributed by atoms with van der Waals surface area (Å²) in [6.07, 6.45) is 0.569. The summed E-state index contributed by atoms with van der Waals surface area (Å²) in [4.78, 5) is 27.4. The summed E-state index contributed by atoms with van der Waals surface area (Å²) in [5.41, 5.74) is 1.92. The van der Waals surface area contributed by atoms with Crippen molar-refractivity contribution in [2.24, 2.45) is 0 Å². The Bertz CT molecular complexity index is 940. The van der Waals surface area contributed by atoms with E-state index in [1.54, 1.807) is 4.57 Å². The number of imidazole rings is 1. The minimum absolute atomic E-state index is 0. The lowest BCUT2D eigenvalue weighted by molar-refractivity contribution is -0.384. The van der Waals surface area contributed by atoms with E-state index in [2.05, 4.69) is 10.3 Å². The van der Waals surface area contributed by atoms with Crippen LogP contribution in [-0.2, 0) is 6.54 Å². The van der Waals surface area contributed by atoms with Gasteiger partial charge in [0.1, 0.15) is 0 Å². The Labute approximate surface area is 165 Å². The third-order valence-corrected chi connectivity index (χ3v) is 3.97. The summed E-state index contributed by atoms with van der Waals surface area (Å²) in [6, 6.07) is 13.0. The minimum atomic E-state index is -0.499. The third kappa shape index (κ3) is 4.69. The van der Waals surface area contributed by atoms with Gasteiger partial charge in [0, 0.05) is 30.8 Å². The van der Waals surface area contributed by atoms with Crippen LogP contribution in [0.15, 0.2) is 48.5 Å². The van der Waals surface area contributed by atoms with Crippen molar-refractivity contribution in [1.82, 2.24) is 9.55 Å². The summed E-state index contributed by atoms with van der Waals surface area (Å²) in [6.45, 7) is 0.653. The van der Waals surface area contributed by atoms with Gasteiger partial charge in [-0.1, -0.05) is 12.1 Å². The van der Waals surface area contributed by atoms with Gasteiger partial charge < -0.3 is 32.0 Å². The number of para-hydroxylation sites is 2. The summed E-state index contributed by atoms with van der Waals surface area (Å²) in [5.74, 6) is 0.378. The molecule has 1 heterocycles. The highest BCUT2D eigenvalue weighted by molar-refractivity contribution is 5.97. The molecule has 0 aliphatic rings. The van der Waals surface area contributed by atoms with Gasteiger partial charge >= 0.3 is 0 Å². The highest BCUT2D eigenvalue weighted by atomic mass is 79.9. The van der Waals surface area contributed by atoms with E-state index >= 15 is 0 Å². The molecule has 0 saturated heterocycles. The monoisotopic (exact) mass is 433 g/mol. The van der Waals surface area contributed by atoms with E-state index in [4.69, 9.17) is 5.11 Å². The van der Waals surface area contributed by atoms with E-state index in [1.807, 2.05) is 24.3 Å². The van der Waals surface area contributed by atoms with Crippen molar-refractivity contribution in [2.45, 2.75) is 13.0 Å². The number of halogens is 1. The Morgan fingerprint density at radius 1 is 1.19 bits per heavy atom. The van der Waals surface area contributed by atoms with E-state index in [9.17, 15) is 14.9 Å². The number of nitro groups is 1. The molecule has 0 fully saturated rings. The topological polar surface area (TPSA) is 110 Å². The number of non-ortho nitro benzene ring substituents is 1. The minimum Gasteiger partial charge on any atom is -1.00 e. The van der Waals surface area contributed by atoms with Crippen molar-refractivity contribution >= 4 is 28.5 Å². The smallest absolute Gasteiger partial charge is 0.269 e. The van der Waals surface area contributed by atoms with Crippen molar-refractivity contribution in [3.05, 3.63) is 64.2 Å². The summed E-state index contributed by atoms with van der Waals surface area (Å²) in [5, 5.41) is 22.8. The number of nitro benzene ring substituents is 1. The fourth-order valence-corrected chi connectivity index (χ4v) is 2.65. The first-order valence-corrected chi connectivity index (χ1v) is 8.18. The van der Waals surface area contributed by atoms with Crippen LogP contribution >= 0.6 is 0 Å². The van der Waals surface area contributed by atoms with Crippen LogP contribution in [0.1, 0.15) is 16.8 Å². The van der Waals surface area contributed by atoms with E-state index < -0.39 is 4.92 Å². The van der Waals surface area contributed by atoms with Gasteiger partial charge in [0.05, 0.1) is 22.5 Å². The maximum Gasteiger partial charge on any atom is 0.269 e. The molecule has 0 saturated carbocycles. The molecule has 2 N–H and O–H groups in total. The van der Waals surface area contributed by atoms with Crippen LogP contribution in [0.4, 0.5) is 11.6 Å². The molecule has 0 unspecified atom stereocenters. The first kappa shape index (κ1) is 20.5. The molecule has 0 bridgehead atoms. The first-order chi connectivity index (χ1) is 12.6. The normalized spacial score (nSPS) is 10.4. The van der Waals surface area contributed by atoms with Gasteiger partial charge in [0.2, 0.25) is 5.95 Å². The SMILES string of the molecule is O=C(Cn1c(NCCCO)nc2ccccc21)c1ccc([N+](=O)[O-])cc1.[Br-]. The molecule has 0 atom stereocenters. The molecule has 3 aromatic rings. The highest BCUT2D eigenvalue weighted by Gasteiger charge is 2.15. The van der Waals surface area contributed by atoms with Crippen LogP contribution in [0.25, 0.3) is 11.0 Å². The van der Waals surface area contributed by atoms with E-state index in [0.29, 0.717) is 24.5 Å². The molecule has 3 rings (SSSR count). The third-order valence-electron chi connectivity index (χ3n) is 3.97. The first-order valence-electron chi connectivity index (χ1n) is 8.18. The molecule has 27 heavy (non-hydrogen) atoms. The number of aliphatic hydroxyl groups excluding tert-OH is 1. The lowest BCUT2D eigenvalue weighted by Crippen LogP contribution is -3.00. The van der Waals surface area contributed by atoms with Crippen molar-refractivity contribution in [2.75, 3.05) is 18.5 Å². The number of carbonyl (C=O) groups excluding carboxylic acids is 1. The zero-order valence-corrected chi connectivity index (χ0v) is 15.9. The van der Waals surface area contributed by atoms with Gasteiger partial charge in [0.25, 0.3) is 5.69 Å². The van der Waals surface area contributed by atoms with Crippen LogP contribution in [0, 0.1) is 10.1 Å². The van der Waals surface area contributed by atoms with E-state index in [0.717, 1.165) is 11.0 Å². The average Bonchev–Trinajstić information content (AvgIpc) is 2.99. The zero-order chi connectivity index (χ0) is 18.5. The predicted molar refractivity (Wildman–Crippen MR) is 97.4 cm³/mol. The Hall–Kier alpha value is -2.78. The number of aromatic nitrogens is 2. The summed E-state index contributed by atoms with van der Waals surface area (Å²) >= 11 is 0. The summed E-state index contributed by atoms with van der Waals surface area (Å²) in [7, 11) is 0. The maximum atomic E-state index is 12.6. The number of Topliss-reactive ketones (excluding diaryl/α,β-unsaturated/α-hetero) is 1. The van der Waals surface area contributed by atoms with Gasteiger partial charge in [-0.15, -0.1) is 0 Å². The fourth-order valence-electron chi connectivity index (χ4n) is 2.65. The van der Waals surface area contributed by atoms with Crippen LogP contribution in [0.3, 0.4) is 0 Å². The number of nitrogens with zero attached hydrogens (tertiary/aromatic N) is 3. The quantitative estimate of drug-likeness (QED) is 0.217. The number of carbonyl (C=O) groups is 1. The van der Waals surface area contributed by atoms with Crippen molar-refractivity contribution in [1.29, 1.82) is 0 Å². The Morgan fingerprint density at radius 3 is 2.56 bits per heavy atom. The second-order valence-corrected chi connectivity index (χ2v) is 5.74. The fraction of sp³-hybridized carbons (Fsp3) is 0.222. The predicted octanol–water partition coefficient (Wildman–Crippen LogP) is -0.374. The van der Waals surface area contributed by atoms with Crippen molar-refractivity contribution in [3.8, 4) is 0 Å². The van der Waals surface area contributed by atoms with Gasteiger partial charge in [-0.2, -0.15) is 0 Å². The molecule has 142 valence electrons. The Kier molecular flexibility index (Phi) is 7.03. The van der Waals surface area contributed by atoms with Gasteiger partial charge in [-0.05, 0) is 30.7 Å². The number of aliphatic hydroxyl groups is 1. The molecular weight excluding hydrogens is 416 g/mol. The van der Waals surface area contributed by atoms with E-state index in [-0.39, 0.29) is 41.6 Å². The van der Waals surface area contributed by atoms with Crippen molar-refractivity contribution in [3.63, 3.8) is 0 Å². The number of fused-ring (bicyclic) bond motifs is 1. The Morgan fingerprint density at radius 2 is 1.89 bits per heavy atom. The summed E-state index contributed by atoms with van der Waals surface area (Å²) < 4.78 is 1.77. The molecule has 2 aromatic carbocycles. The number of hydrogen-bond donors (Lipinski definition) is 2. The molecule has 0 aliphatic heterocycles. The molecule has 8 nitrogen and oxygen atoms in total. The van der Waals surface area contributed by atoms with Crippen LogP contribution in [-0.4, -0.2) is 38.5 Å². The van der Waals surface area contributed by atoms with Gasteiger partial charge in [-0.25, -0.2) is 4.98 Å². The number of rotatable bonds is 8. The molecular formula is C18H18BrN4O4-. The largest absolute Gasteiger partial charge is 1.00 e. The van der Waals surface area contributed by atoms with Crippen molar-refractivity contribution < 1.29 is 31.8 Å². The van der Waals surface area contributed by atoms with Gasteiger partial charge in [0.15, 0.2) is 5.78 Å². The van der Waals surface area contributed by atoms with Crippen LogP contribution in [0.5, 0.6) is 0 Å². The number of anilines is 1. The lowest BCUT2D eigenvalue weighted by atomic mass is 10.1. The van der Waals surface area contributed by atoms with Crippen LogP contribution in [0.2, 0.25) is 0 Å². The van der Waals surface area contributed by atoms with E-state index in [1.165, 1.54) is 24.3 Å². The number of hydrogen-bond acceptors (Lipinski definition) is 6. The highest BCUT2D eigenvalue weighted by Crippen LogP contribution is 2.21. The molecule has 0 aliphatic carbocycles. The molecule has 9 heteroatoms. The molecule has 0 amide bonds. The number of nitrogens with one attached hydrogen (secondary N) is 1. The molecule has 1 aromatic heterocycles. The Balaban J connectivity index is 0.00000261. The number of ketones is 1. The maximum absolute atomic E-state index is 12.6.